The molecule has 1 saturated heterocycles. The van der Waals surface area contributed by atoms with E-state index >= 15 is 0 Å². The van der Waals surface area contributed by atoms with Crippen LogP contribution in [0, 0.1) is 16.2 Å². The van der Waals surface area contributed by atoms with Crippen LogP contribution in [-0.4, -0.2) is 42.8 Å². The molecule has 1 aromatic rings. The summed E-state index contributed by atoms with van der Waals surface area (Å²) in [6.07, 6.45) is 2.10. The van der Waals surface area contributed by atoms with Gasteiger partial charge in [-0.1, -0.05) is 38.4 Å². The van der Waals surface area contributed by atoms with Crippen LogP contribution in [0.5, 0.6) is 0 Å². The second kappa shape index (κ2) is 5.72. The van der Waals surface area contributed by atoms with E-state index in [-0.39, 0.29) is 22.5 Å². The topological polar surface area (TPSA) is 40.6 Å². The molecule has 26 heavy (non-hydrogen) atoms. The van der Waals surface area contributed by atoms with Crippen LogP contribution in [0.25, 0.3) is 0 Å². The predicted molar refractivity (Wildman–Crippen MR) is 103 cm³/mol. The van der Waals surface area contributed by atoms with E-state index in [0.717, 1.165) is 36.6 Å². The molecule has 2 bridgehead atoms. The van der Waals surface area contributed by atoms with Gasteiger partial charge in [0, 0.05) is 48.7 Å². The van der Waals surface area contributed by atoms with Gasteiger partial charge >= 0.3 is 0 Å². The Morgan fingerprint density at radius 2 is 1.77 bits per heavy atom. The first kappa shape index (κ1) is 17.8. The highest BCUT2D eigenvalue weighted by molar-refractivity contribution is 6.30. The molecular weight excluding hydrogens is 348 g/mol. The van der Waals surface area contributed by atoms with Gasteiger partial charge in [0.2, 0.25) is 5.91 Å². The van der Waals surface area contributed by atoms with Crippen LogP contribution in [0.4, 0.5) is 5.69 Å². The highest BCUT2D eigenvalue weighted by Crippen LogP contribution is 2.71. The van der Waals surface area contributed by atoms with E-state index in [1.54, 1.807) is 0 Å². The number of hydrogen-bond donors (Lipinski definition) is 0. The summed E-state index contributed by atoms with van der Waals surface area (Å²) < 4.78 is 0. The summed E-state index contributed by atoms with van der Waals surface area (Å²) in [6.45, 7) is 9.33. The van der Waals surface area contributed by atoms with Crippen LogP contribution in [0.15, 0.2) is 24.3 Å². The standard InChI is InChI=1S/C21H27ClN2O2/c1-19(2)20(3)7-8-21(19,14-17(20)25)18(26)24-11-9-23(10-12-24)16-6-4-5-15(22)13-16/h4-6,13H,7-12,14H2,1-3H3. The third kappa shape index (κ3) is 2.20. The molecule has 1 amide bonds. The minimum Gasteiger partial charge on any atom is -0.368 e. The lowest BCUT2D eigenvalue weighted by atomic mass is 9.64. The molecule has 3 aliphatic rings. The van der Waals surface area contributed by atoms with Crippen LogP contribution in [0.3, 0.4) is 0 Å². The van der Waals surface area contributed by atoms with Crippen molar-refractivity contribution in [1.82, 2.24) is 4.90 Å². The van der Waals surface area contributed by atoms with Crippen LogP contribution < -0.4 is 4.90 Å². The lowest BCUT2D eigenvalue weighted by molar-refractivity contribution is -0.148. The quantitative estimate of drug-likeness (QED) is 0.791. The predicted octanol–water partition coefficient (Wildman–Crippen LogP) is 3.77. The Labute approximate surface area is 160 Å². The molecule has 0 N–H and O–H groups in total. The monoisotopic (exact) mass is 374 g/mol. The first-order chi connectivity index (χ1) is 12.2. The number of hydrogen-bond acceptors (Lipinski definition) is 3. The third-order valence-electron chi connectivity index (χ3n) is 7.85. The molecule has 0 spiro atoms. The van der Waals surface area contributed by atoms with Crippen LogP contribution in [-0.2, 0) is 9.59 Å². The van der Waals surface area contributed by atoms with Gasteiger partial charge in [0.1, 0.15) is 5.78 Å². The molecule has 1 aliphatic heterocycles. The summed E-state index contributed by atoms with van der Waals surface area (Å²) in [5, 5.41) is 0.733. The van der Waals surface area contributed by atoms with Crippen molar-refractivity contribution in [2.45, 2.75) is 40.0 Å². The number of halogens is 1. The third-order valence-corrected chi connectivity index (χ3v) is 8.09. The average molecular weight is 375 g/mol. The smallest absolute Gasteiger partial charge is 0.229 e. The van der Waals surface area contributed by atoms with E-state index in [1.807, 2.05) is 23.1 Å². The van der Waals surface area contributed by atoms with Gasteiger partial charge in [0.15, 0.2) is 0 Å². The molecule has 5 heteroatoms. The number of amides is 1. The van der Waals surface area contributed by atoms with Gasteiger partial charge in [0.05, 0.1) is 5.41 Å². The molecule has 1 aromatic carbocycles. The first-order valence-electron chi connectivity index (χ1n) is 9.54. The number of piperazine rings is 1. The van der Waals surface area contributed by atoms with Crippen molar-refractivity contribution in [3.63, 3.8) is 0 Å². The summed E-state index contributed by atoms with van der Waals surface area (Å²) in [6, 6.07) is 7.86. The van der Waals surface area contributed by atoms with Crippen molar-refractivity contribution in [3.05, 3.63) is 29.3 Å². The van der Waals surface area contributed by atoms with Crippen molar-refractivity contribution in [1.29, 1.82) is 0 Å². The highest BCUT2D eigenvalue weighted by Gasteiger charge is 2.73. The number of Topliss-reactive ketones (excluding diaryl/α,β-unsaturated/α-hetero) is 1. The summed E-state index contributed by atoms with van der Waals surface area (Å²) in [5.74, 6) is 0.475. The molecule has 4 rings (SSSR count). The van der Waals surface area contributed by atoms with Gasteiger partial charge in [0.25, 0.3) is 0 Å². The summed E-state index contributed by atoms with van der Waals surface area (Å²) in [7, 11) is 0. The number of anilines is 1. The molecule has 3 fully saturated rings. The Bertz CT molecular complexity index is 769. The molecule has 0 aromatic heterocycles. The van der Waals surface area contributed by atoms with E-state index in [2.05, 4.69) is 31.7 Å². The van der Waals surface area contributed by atoms with E-state index in [0.29, 0.717) is 19.5 Å². The summed E-state index contributed by atoms with van der Waals surface area (Å²) in [4.78, 5) is 30.4. The van der Waals surface area contributed by atoms with E-state index in [1.165, 1.54) is 0 Å². The van der Waals surface area contributed by atoms with Gasteiger partial charge < -0.3 is 9.80 Å². The largest absolute Gasteiger partial charge is 0.368 e. The van der Waals surface area contributed by atoms with Crippen molar-refractivity contribution in [2.24, 2.45) is 16.2 Å². The molecular formula is C21H27ClN2O2. The van der Waals surface area contributed by atoms with Crippen molar-refractivity contribution in [2.75, 3.05) is 31.1 Å². The fraction of sp³-hybridized carbons (Fsp3) is 0.619. The molecule has 0 radical (unpaired) electrons. The zero-order chi connectivity index (χ0) is 18.7. The molecule has 2 atom stereocenters. The second-order valence-electron chi connectivity index (χ2n) is 8.90. The fourth-order valence-electron chi connectivity index (χ4n) is 5.48. The maximum atomic E-state index is 13.5. The number of ketones is 1. The lowest BCUT2D eigenvalue weighted by Crippen LogP contribution is -2.55. The van der Waals surface area contributed by atoms with Crippen molar-refractivity contribution >= 4 is 29.0 Å². The number of nitrogens with zero attached hydrogens (tertiary/aromatic N) is 2. The van der Waals surface area contributed by atoms with Gasteiger partial charge in [-0.2, -0.15) is 0 Å². The number of benzene rings is 1. The molecule has 2 saturated carbocycles. The van der Waals surface area contributed by atoms with Crippen LogP contribution in [0.2, 0.25) is 5.02 Å². The van der Waals surface area contributed by atoms with Crippen LogP contribution in [0.1, 0.15) is 40.0 Å². The normalized spacial score (nSPS) is 33.0. The Morgan fingerprint density at radius 1 is 1.08 bits per heavy atom. The highest BCUT2D eigenvalue weighted by atomic mass is 35.5. The minimum atomic E-state index is -0.503. The lowest BCUT2D eigenvalue weighted by Gasteiger charge is -2.44. The van der Waals surface area contributed by atoms with E-state index in [9.17, 15) is 9.59 Å². The molecule has 2 aliphatic carbocycles. The van der Waals surface area contributed by atoms with Crippen LogP contribution >= 0.6 is 11.6 Å². The van der Waals surface area contributed by atoms with E-state index < -0.39 is 5.41 Å². The second-order valence-corrected chi connectivity index (χ2v) is 9.33. The van der Waals surface area contributed by atoms with Crippen molar-refractivity contribution < 1.29 is 9.59 Å². The molecule has 2 unspecified atom stereocenters. The van der Waals surface area contributed by atoms with Gasteiger partial charge in [-0.25, -0.2) is 0 Å². The number of carbonyl (C=O) groups excluding carboxylic acids is 2. The Hall–Kier alpha value is -1.55. The zero-order valence-corrected chi connectivity index (χ0v) is 16.6. The van der Waals surface area contributed by atoms with Gasteiger partial charge in [-0.3, -0.25) is 9.59 Å². The molecule has 140 valence electrons. The molecule has 4 nitrogen and oxygen atoms in total. The minimum absolute atomic E-state index is 0.197. The number of rotatable bonds is 2. The number of fused-ring (bicyclic) bond motifs is 2. The van der Waals surface area contributed by atoms with E-state index in [4.69, 9.17) is 11.6 Å². The maximum Gasteiger partial charge on any atom is 0.229 e. The SMILES string of the molecule is CC12CCC(C(=O)N3CCN(c4cccc(Cl)c4)CC3)(CC1=O)C2(C)C. The Balaban J connectivity index is 1.50. The Morgan fingerprint density at radius 3 is 2.31 bits per heavy atom. The number of carbonyl (C=O) groups is 2. The Kier molecular flexibility index (Phi) is 3.93. The summed E-state index contributed by atoms with van der Waals surface area (Å²) in [5.41, 5.74) is -0.00629. The fourth-order valence-corrected chi connectivity index (χ4v) is 5.66. The zero-order valence-electron chi connectivity index (χ0n) is 15.8. The van der Waals surface area contributed by atoms with Gasteiger partial charge in [-0.05, 0) is 36.5 Å². The maximum absolute atomic E-state index is 13.5. The summed E-state index contributed by atoms with van der Waals surface area (Å²) >= 11 is 6.11. The average Bonchev–Trinajstić information content (AvgIpc) is 2.91. The van der Waals surface area contributed by atoms with Crippen molar-refractivity contribution in [3.8, 4) is 0 Å². The molecule has 1 heterocycles. The first-order valence-corrected chi connectivity index (χ1v) is 9.92. The van der Waals surface area contributed by atoms with Gasteiger partial charge in [-0.15, -0.1) is 0 Å².